The van der Waals surface area contributed by atoms with Gasteiger partial charge >= 0.3 is 5.97 Å². The third-order valence-electron chi connectivity index (χ3n) is 18.3. The van der Waals surface area contributed by atoms with Crippen LogP contribution in [0, 0.1) is 41.4 Å². The Labute approximate surface area is 582 Å². The third-order valence-corrected chi connectivity index (χ3v) is 19.6. The highest BCUT2D eigenvalue weighted by atomic mass is 32.2. The van der Waals surface area contributed by atoms with Gasteiger partial charge in [-0.1, -0.05) is 103 Å². The van der Waals surface area contributed by atoms with E-state index in [0.717, 1.165) is 22.0 Å². The van der Waals surface area contributed by atoms with Crippen molar-refractivity contribution in [2.45, 2.75) is 247 Å². The van der Waals surface area contributed by atoms with Crippen LogP contribution in [-0.2, 0) is 57.5 Å². The van der Waals surface area contributed by atoms with E-state index in [1.165, 1.54) is 87.7 Å². The molecule has 27 nitrogen and oxygen atoms in total. The second-order valence-corrected chi connectivity index (χ2v) is 30.7. The van der Waals surface area contributed by atoms with Crippen molar-refractivity contribution in [3.63, 3.8) is 0 Å². The van der Waals surface area contributed by atoms with E-state index in [-0.39, 0.29) is 73.9 Å². The van der Waals surface area contributed by atoms with Gasteiger partial charge in [0.05, 0.1) is 25.0 Å². The van der Waals surface area contributed by atoms with Crippen molar-refractivity contribution in [2.24, 2.45) is 46.4 Å². The lowest BCUT2D eigenvalue weighted by atomic mass is 9.91. The summed E-state index contributed by atoms with van der Waals surface area (Å²) in [6.45, 7) is 28.3. The number of likely N-dealkylation sites (N-methyl/N-ethyl adjacent to an activating group) is 7. The van der Waals surface area contributed by atoms with Crippen LogP contribution in [0.4, 0.5) is 0 Å². The van der Waals surface area contributed by atoms with E-state index in [4.69, 9.17) is 4.99 Å². The van der Waals surface area contributed by atoms with E-state index in [2.05, 4.69) is 26.6 Å². The standard InChI is InChI=1S/C69H123N13O14S/c1-24-48-65(92)76(17)37-54(83)77(18)49(31-38(2)3)62(89)75-56(42(10)11)68(95)78(19)50(32-39(4)5)61(88)72-45(15)60(87)73-46(16)64(91)79(20)51(33-40(6)7)66(93)80(21)52(34-41(8)9)67(94)81(22)57(43(12)13)69(96)82(23)58(63(90)74-48)59(86)44(14)35-53-70-29-30-97-47(36-71-53)27-25-26-28-55(84)85/h38-52,56-59,86H,24-37H2,1-23H3,(H,70,71)(H,72,88)(H,73,87)(H,74,90)(H,75,89)(H,84,85). The molecule has 0 aliphatic carbocycles. The number of hydrogen-bond acceptors (Lipinski definition) is 16. The smallest absolute Gasteiger partial charge is 0.303 e. The minimum atomic E-state index is -1.72. The van der Waals surface area contributed by atoms with Crippen LogP contribution >= 0.6 is 11.8 Å². The van der Waals surface area contributed by atoms with E-state index in [9.17, 15) is 48.6 Å². The van der Waals surface area contributed by atoms with Crippen LogP contribution in [0.3, 0.4) is 0 Å². The summed E-state index contributed by atoms with van der Waals surface area (Å²) in [4.78, 5) is 187. The maximum absolute atomic E-state index is 15.5. The average molecular weight is 1390 g/mol. The number of amidine groups is 1. The molecule has 0 spiro atoms. The van der Waals surface area contributed by atoms with Gasteiger partial charge in [0.25, 0.3) is 0 Å². The van der Waals surface area contributed by atoms with Crippen LogP contribution in [0.5, 0.6) is 0 Å². The van der Waals surface area contributed by atoms with Crippen LogP contribution in [0.1, 0.15) is 175 Å². The van der Waals surface area contributed by atoms with Crippen LogP contribution in [0.2, 0.25) is 0 Å². The Bertz CT molecular complexity index is 2710. The van der Waals surface area contributed by atoms with Gasteiger partial charge in [-0.05, 0) is 100 Å². The first-order valence-corrected chi connectivity index (χ1v) is 35.9. The van der Waals surface area contributed by atoms with E-state index >= 15 is 19.2 Å². The number of thioether (sulfide) groups is 1. The molecule has 1 fully saturated rings. The number of nitrogens with zero attached hydrogens (tertiary/aromatic N) is 8. The number of carbonyl (C=O) groups is 12. The van der Waals surface area contributed by atoms with E-state index in [1.54, 1.807) is 53.3 Å². The van der Waals surface area contributed by atoms with Crippen molar-refractivity contribution < 1.29 is 67.7 Å². The highest BCUT2D eigenvalue weighted by Crippen LogP contribution is 2.27. The number of aliphatic hydroxyl groups excluding tert-OH is 1. The Balaban J connectivity index is 3.00. The van der Waals surface area contributed by atoms with Gasteiger partial charge in [0.2, 0.25) is 65.0 Å². The van der Waals surface area contributed by atoms with Gasteiger partial charge in [0, 0.05) is 79.7 Å². The molecule has 2 heterocycles. The molecule has 0 radical (unpaired) electrons. The molecule has 0 aromatic rings. The Hall–Kier alpha value is -6.58. The zero-order chi connectivity index (χ0) is 74.4. The molecule has 2 aliphatic heterocycles. The highest BCUT2D eigenvalue weighted by Gasteiger charge is 2.46. The van der Waals surface area contributed by atoms with Crippen molar-refractivity contribution in [3.8, 4) is 0 Å². The van der Waals surface area contributed by atoms with Crippen LogP contribution < -0.4 is 26.6 Å². The Morgan fingerprint density at radius 1 is 0.536 bits per heavy atom. The van der Waals surface area contributed by atoms with Gasteiger partial charge in [-0.15, -0.1) is 0 Å². The summed E-state index contributed by atoms with van der Waals surface area (Å²) in [6, 6.07) is -12.8. The second-order valence-electron chi connectivity index (χ2n) is 29.3. The molecular formula is C69H123N13O14S. The SMILES string of the molecule is CCC1NC(=O)C(C(O)C(C)CC2=NCC(CCCCC(=O)O)SCCN2)N(C)C(=O)C(C(C)C)N(C)C(=O)C(CC(C)C)N(C)C(=O)C(CC(C)C)N(C)C(=O)C(C)NC(=O)C(C)NC(=O)C(CC(C)C)N(C)C(=O)C(C(C)C)NC(=O)C(CC(C)C)N(C)C(=O)CN(C)C1=O. The number of hydrogen-bond donors (Lipinski definition) is 7. The van der Waals surface area contributed by atoms with E-state index < -0.39 is 162 Å². The average Bonchev–Trinajstić information content (AvgIpc) is 0.805. The predicted molar refractivity (Wildman–Crippen MR) is 376 cm³/mol. The first-order valence-electron chi connectivity index (χ1n) is 34.9. The lowest BCUT2D eigenvalue weighted by Gasteiger charge is -2.41. The fourth-order valence-electron chi connectivity index (χ4n) is 12.3. The third kappa shape index (κ3) is 25.9. The number of nitrogens with one attached hydrogen (secondary N) is 5. The number of aliphatic imine (C=N–C) groups is 1. The molecule has 2 aliphatic rings. The summed E-state index contributed by atoms with van der Waals surface area (Å²) in [5.41, 5.74) is 0. The molecule has 7 N–H and O–H groups in total. The van der Waals surface area contributed by atoms with Crippen molar-refractivity contribution in [1.29, 1.82) is 0 Å². The zero-order valence-corrected chi connectivity index (χ0v) is 63.5. The molecular weight excluding hydrogens is 1270 g/mol. The van der Waals surface area contributed by atoms with Crippen LogP contribution in [0.25, 0.3) is 0 Å². The van der Waals surface area contributed by atoms with Crippen molar-refractivity contribution in [1.82, 2.24) is 60.9 Å². The first kappa shape index (κ1) is 86.5. The molecule has 28 heteroatoms. The van der Waals surface area contributed by atoms with Crippen LogP contribution in [0.15, 0.2) is 4.99 Å². The number of carbonyl (C=O) groups excluding carboxylic acids is 11. The monoisotopic (exact) mass is 1390 g/mol. The molecule has 1 saturated heterocycles. The summed E-state index contributed by atoms with van der Waals surface area (Å²) < 4.78 is 0. The zero-order valence-electron chi connectivity index (χ0n) is 62.6. The normalized spacial score (nSPS) is 26.7. The summed E-state index contributed by atoms with van der Waals surface area (Å²) in [5, 5.41) is 36.3. The van der Waals surface area contributed by atoms with Crippen molar-refractivity contribution in [3.05, 3.63) is 0 Å². The fraction of sp³-hybridized carbons (Fsp3) is 0.812. The lowest BCUT2D eigenvalue weighted by Crippen LogP contribution is -2.63. The largest absolute Gasteiger partial charge is 0.481 e. The summed E-state index contributed by atoms with van der Waals surface area (Å²) >= 11 is 1.73. The number of rotatable bonds is 20. The Morgan fingerprint density at radius 2 is 1.01 bits per heavy atom. The molecule has 13 unspecified atom stereocenters. The number of aliphatic carboxylic acids is 1. The molecule has 0 aromatic heterocycles. The molecule has 0 saturated carbocycles. The molecule has 0 bridgehead atoms. The van der Waals surface area contributed by atoms with Crippen LogP contribution in [-0.4, -0.2) is 268 Å². The van der Waals surface area contributed by atoms with Gasteiger partial charge < -0.3 is 71.1 Å². The molecule has 0 aromatic carbocycles. The molecule has 2 rings (SSSR count). The fourth-order valence-corrected chi connectivity index (χ4v) is 13.4. The first-order chi connectivity index (χ1) is 45.0. The van der Waals surface area contributed by atoms with Crippen molar-refractivity contribution >= 4 is 88.5 Å². The number of carboxylic acids is 1. The van der Waals surface area contributed by atoms with Gasteiger partial charge in [-0.3, -0.25) is 62.5 Å². The minimum Gasteiger partial charge on any atom is -0.481 e. The number of unbranched alkanes of at least 4 members (excludes halogenated alkanes) is 1. The summed E-state index contributed by atoms with van der Waals surface area (Å²) in [6.07, 6.45) is 1.03. The lowest BCUT2D eigenvalue weighted by molar-refractivity contribution is -0.157. The van der Waals surface area contributed by atoms with Gasteiger partial charge in [0.15, 0.2) is 0 Å². The second kappa shape index (κ2) is 40.5. The Kier molecular flexibility index (Phi) is 36.1. The van der Waals surface area contributed by atoms with Gasteiger partial charge in [-0.25, -0.2) is 0 Å². The van der Waals surface area contributed by atoms with E-state index in [0.29, 0.717) is 31.8 Å². The minimum absolute atomic E-state index is 0.0211. The summed E-state index contributed by atoms with van der Waals surface area (Å²) in [7, 11) is 9.86. The van der Waals surface area contributed by atoms with Gasteiger partial charge in [-0.2, -0.15) is 11.8 Å². The molecule has 13 atom stereocenters. The number of carboxylic acid groups (broad SMARTS) is 1. The predicted octanol–water partition coefficient (Wildman–Crippen LogP) is 3.44. The summed E-state index contributed by atoms with van der Waals surface area (Å²) in [5.74, 6) is -9.93. The molecule has 97 heavy (non-hydrogen) atoms. The maximum Gasteiger partial charge on any atom is 0.303 e. The van der Waals surface area contributed by atoms with E-state index in [1.807, 2.05) is 55.4 Å². The number of amides is 11. The highest BCUT2D eigenvalue weighted by molar-refractivity contribution is 7.99. The molecule has 11 amide bonds. The Morgan fingerprint density at radius 3 is 1.52 bits per heavy atom. The topological polar surface area (TPSA) is 340 Å². The van der Waals surface area contributed by atoms with Crippen molar-refractivity contribution in [2.75, 3.05) is 74.7 Å². The number of aliphatic hydroxyl groups is 1. The quantitative estimate of drug-likeness (QED) is 0.0859. The molecule has 554 valence electrons. The van der Waals surface area contributed by atoms with Gasteiger partial charge in [0.1, 0.15) is 60.4 Å². The maximum atomic E-state index is 15.5.